The standard InChI is InChI=1S/C29H52O2/c1-2-3-4-5-6-7-8-9-10-11-12-13-14-15-16-17-18-19-20-21-22-23-27-24-28(30)26-29(31)25-27/h24-26,30-31H,2-23H2,1H3. The predicted molar refractivity (Wildman–Crippen MR) is 136 cm³/mol. The highest BCUT2D eigenvalue weighted by molar-refractivity contribution is 5.36. The number of phenols is 2. The largest absolute Gasteiger partial charge is 0.508 e. The molecule has 2 heteroatoms. The first-order chi connectivity index (χ1) is 15.2. The van der Waals surface area contributed by atoms with E-state index in [2.05, 4.69) is 6.92 Å². The maximum Gasteiger partial charge on any atom is 0.119 e. The molecular formula is C29H52O2. The Hall–Kier alpha value is -1.18. The third kappa shape index (κ3) is 18.1. The molecule has 2 N–H and O–H groups in total. The molecule has 0 aliphatic heterocycles. The van der Waals surface area contributed by atoms with Gasteiger partial charge in [0.15, 0.2) is 0 Å². The highest BCUT2D eigenvalue weighted by Gasteiger charge is 2.00. The molecule has 0 amide bonds. The molecule has 0 spiro atoms. The quantitative estimate of drug-likeness (QED) is 0.179. The van der Waals surface area contributed by atoms with Crippen LogP contribution in [0.4, 0.5) is 0 Å². The van der Waals surface area contributed by atoms with Crippen LogP contribution in [-0.2, 0) is 6.42 Å². The van der Waals surface area contributed by atoms with Crippen LogP contribution in [0.1, 0.15) is 147 Å². The first kappa shape index (κ1) is 27.9. The van der Waals surface area contributed by atoms with Crippen molar-refractivity contribution in [3.63, 3.8) is 0 Å². The maximum absolute atomic E-state index is 9.51. The average Bonchev–Trinajstić information content (AvgIpc) is 2.74. The van der Waals surface area contributed by atoms with E-state index in [-0.39, 0.29) is 11.5 Å². The molecular weight excluding hydrogens is 380 g/mol. The minimum atomic E-state index is 0.165. The second-order valence-corrected chi connectivity index (χ2v) is 9.68. The molecule has 0 atom stereocenters. The summed E-state index contributed by atoms with van der Waals surface area (Å²) >= 11 is 0. The molecule has 180 valence electrons. The van der Waals surface area contributed by atoms with Gasteiger partial charge in [-0.2, -0.15) is 0 Å². The summed E-state index contributed by atoms with van der Waals surface area (Å²) in [6.07, 6.45) is 30.4. The Labute approximate surface area is 193 Å². The van der Waals surface area contributed by atoms with E-state index in [1.165, 1.54) is 134 Å². The molecule has 0 radical (unpaired) electrons. The van der Waals surface area contributed by atoms with E-state index in [4.69, 9.17) is 0 Å². The number of rotatable bonds is 22. The SMILES string of the molecule is CCCCCCCCCCCCCCCCCCCCCCCc1cc(O)cc(O)c1. The third-order valence-corrected chi connectivity index (χ3v) is 6.53. The maximum atomic E-state index is 9.51. The predicted octanol–water partition coefficient (Wildman–Crippen LogP) is 9.85. The summed E-state index contributed by atoms with van der Waals surface area (Å²) in [4.78, 5) is 0. The Balaban J connectivity index is 1.72. The highest BCUT2D eigenvalue weighted by Crippen LogP contribution is 2.22. The Morgan fingerprint density at radius 1 is 0.419 bits per heavy atom. The van der Waals surface area contributed by atoms with Crippen LogP contribution in [0.3, 0.4) is 0 Å². The second kappa shape index (κ2) is 20.7. The fourth-order valence-electron chi connectivity index (χ4n) is 4.56. The van der Waals surface area contributed by atoms with Crippen molar-refractivity contribution in [2.75, 3.05) is 0 Å². The van der Waals surface area contributed by atoms with Gasteiger partial charge < -0.3 is 10.2 Å². The molecule has 1 aromatic rings. The molecule has 0 saturated heterocycles. The van der Waals surface area contributed by atoms with Crippen LogP contribution in [0, 0.1) is 0 Å². The molecule has 1 rings (SSSR count). The number of aromatic hydroxyl groups is 2. The summed E-state index contributed by atoms with van der Waals surface area (Å²) < 4.78 is 0. The van der Waals surface area contributed by atoms with Crippen LogP contribution in [-0.4, -0.2) is 10.2 Å². The van der Waals surface area contributed by atoms with E-state index in [9.17, 15) is 10.2 Å². The molecule has 1 aromatic carbocycles. The van der Waals surface area contributed by atoms with E-state index in [0.717, 1.165) is 18.4 Å². The van der Waals surface area contributed by atoms with Crippen molar-refractivity contribution in [1.82, 2.24) is 0 Å². The van der Waals surface area contributed by atoms with E-state index in [1.807, 2.05) is 0 Å². The minimum absolute atomic E-state index is 0.165. The molecule has 0 aliphatic rings. The summed E-state index contributed by atoms with van der Waals surface area (Å²) in [5, 5.41) is 19.0. The van der Waals surface area contributed by atoms with E-state index >= 15 is 0 Å². The van der Waals surface area contributed by atoms with Gasteiger partial charge >= 0.3 is 0 Å². The second-order valence-electron chi connectivity index (χ2n) is 9.68. The van der Waals surface area contributed by atoms with Gasteiger partial charge in [0.05, 0.1) is 0 Å². The Kier molecular flexibility index (Phi) is 18.6. The zero-order valence-electron chi connectivity index (χ0n) is 20.7. The lowest BCUT2D eigenvalue weighted by molar-refractivity contribution is 0.449. The Bertz CT molecular complexity index is 491. The summed E-state index contributed by atoms with van der Waals surface area (Å²) in [5.41, 5.74) is 1.04. The number of hydrogen-bond donors (Lipinski definition) is 2. The molecule has 0 unspecified atom stereocenters. The van der Waals surface area contributed by atoms with Crippen LogP contribution in [0.25, 0.3) is 0 Å². The van der Waals surface area contributed by atoms with Crippen molar-refractivity contribution in [3.8, 4) is 11.5 Å². The molecule has 0 aliphatic carbocycles. The lowest BCUT2D eigenvalue weighted by Crippen LogP contribution is -1.87. The summed E-state index contributed by atoms with van der Waals surface area (Å²) in [5.74, 6) is 0.331. The number of benzene rings is 1. The van der Waals surface area contributed by atoms with Crippen LogP contribution < -0.4 is 0 Å². The van der Waals surface area contributed by atoms with Crippen LogP contribution >= 0.6 is 0 Å². The minimum Gasteiger partial charge on any atom is -0.508 e. The zero-order chi connectivity index (χ0) is 22.4. The molecule has 0 aromatic heterocycles. The molecule has 2 nitrogen and oxygen atoms in total. The van der Waals surface area contributed by atoms with Gasteiger partial charge in [0.2, 0.25) is 0 Å². The van der Waals surface area contributed by atoms with Crippen molar-refractivity contribution >= 4 is 0 Å². The summed E-state index contributed by atoms with van der Waals surface area (Å²) in [6, 6.07) is 4.91. The topological polar surface area (TPSA) is 40.5 Å². The first-order valence-electron chi connectivity index (χ1n) is 13.7. The number of aryl methyl sites for hydroxylation is 1. The van der Waals surface area contributed by atoms with E-state index < -0.39 is 0 Å². The normalized spacial score (nSPS) is 11.3. The van der Waals surface area contributed by atoms with Crippen LogP contribution in [0.5, 0.6) is 11.5 Å². The van der Waals surface area contributed by atoms with Crippen molar-refractivity contribution < 1.29 is 10.2 Å². The molecule has 0 fully saturated rings. The fraction of sp³-hybridized carbons (Fsp3) is 0.793. The molecule has 0 saturated carbocycles. The van der Waals surface area contributed by atoms with Crippen LogP contribution in [0.15, 0.2) is 18.2 Å². The van der Waals surface area contributed by atoms with Crippen molar-refractivity contribution in [2.45, 2.75) is 148 Å². The fourth-order valence-corrected chi connectivity index (χ4v) is 4.56. The van der Waals surface area contributed by atoms with Crippen molar-refractivity contribution in [2.24, 2.45) is 0 Å². The lowest BCUT2D eigenvalue weighted by atomic mass is 10.0. The smallest absolute Gasteiger partial charge is 0.119 e. The monoisotopic (exact) mass is 432 g/mol. The van der Waals surface area contributed by atoms with Gasteiger partial charge in [-0.25, -0.2) is 0 Å². The van der Waals surface area contributed by atoms with Gasteiger partial charge in [-0.15, -0.1) is 0 Å². The van der Waals surface area contributed by atoms with Crippen LogP contribution in [0.2, 0.25) is 0 Å². The van der Waals surface area contributed by atoms with Gasteiger partial charge in [-0.1, -0.05) is 135 Å². The number of unbranched alkanes of at least 4 members (excludes halogenated alkanes) is 20. The van der Waals surface area contributed by atoms with Gasteiger partial charge in [0, 0.05) is 6.07 Å². The van der Waals surface area contributed by atoms with E-state index in [1.54, 1.807) is 12.1 Å². The van der Waals surface area contributed by atoms with Gasteiger partial charge in [0.1, 0.15) is 11.5 Å². The first-order valence-corrected chi connectivity index (χ1v) is 13.7. The lowest BCUT2D eigenvalue weighted by Gasteiger charge is -2.05. The third-order valence-electron chi connectivity index (χ3n) is 6.53. The van der Waals surface area contributed by atoms with Crippen molar-refractivity contribution in [3.05, 3.63) is 23.8 Å². The molecule has 31 heavy (non-hydrogen) atoms. The van der Waals surface area contributed by atoms with Gasteiger partial charge in [-0.3, -0.25) is 0 Å². The van der Waals surface area contributed by atoms with Gasteiger partial charge in [0.25, 0.3) is 0 Å². The number of hydrogen-bond acceptors (Lipinski definition) is 2. The van der Waals surface area contributed by atoms with Crippen molar-refractivity contribution in [1.29, 1.82) is 0 Å². The number of phenolic OH excluding ortho intramolecular Hbond substituents is 2. The molecule has 0 heterocycles. The highest BCUT2D eigenvalue weighted by atomic mass is 16.3. The Morgan fingerprint density at radius 3 is 1.03 bits per heavy atom. The zero-order valence-corrected chi connectivity index (χ0v) is 20.7. The van der Waals surface area contributed by atoms with E-state index in [0.29, 0.717) is 0 Å². The van der Waals surface area contributed by atoms with Gasteiger partial charge in [-0.05, 0) is 30.5 Å². The average molecular weight is 433 g/mol. The Morgan fingerprint density at radius 2 is 0.710 bits per heavy atom. The summed E-state index contributed by atoms with van der Waals surface area (Å²) in [6.45, 7) is 2.29. The molecule has 0 bridgehead atoms. The summed E-state index contributed by atoms with van der Waals surface area (Å²) in [7, 11) is 0.